The van der Waals surface area contributed by atoms with Crippen molar-refractivity contribution in [3.63, 3.8) is 0 Å². The molecule has 1 saturated heterocycles. The summed E-state index contributed by atoms with van der Waals surface area (Å²) in [6.45, 7) is 4.57. The van der Waals surface area contributed by atoms with Gasteiger partial charge in [-0.3, -0.25) is 9.69 Å². The molecule has 3 heteroatoms. The van der Waals surface area contributed by atoms with Crippen LogP contribution in [-0.4, -0.2) is 49.3 Å². The fourth-order valence-electron chi connectivity index (χ4n) is 3.95. The summed E-state index contributed by atoms with van der Waals surface area (Å²) in [6, 6.07) is 0. The molecule has 3 nitrogen and oxygen atoms in total. The SMILES string of the molecule is CN(/C=C(\C=C(\C=O)CC1CCC1)CN1CCCCC1)CC1CC1. The average Bonchev–Trinajstić information content (AvgIpc) is 3.34. The van der Waals surface area contributed by atoms with Crippen molar-refractivity contribution >= 4 is 6.29 Å². The molecule has 0 amide bonds. The number of nitrogens with zero attached hydrogens (tertiary/aromatic N) is 2. The van der Waals surface area contributed by atoms with E-state index in [1.54, 1.807) is 0 Å². The van der Waals surface area contributed by atoms with Crippen LogP contribution >= 0.6 is 0 Å². The molecule has 2 aliphatic carbocycles. The smallest absolute Gasteiger partial charge is 0.146 e. The molecule has 0 bridgehead atoms. The fraction of sp³-hybridized carbons (Fsp3) is 0.762. The van der Waals surface area contributed by atoms with Gasteiger partial charge in [0.2, 0.25) is 0 Å². The molecule has 0 aromatic rings. The van der Waals surface area contributed by atoms with Gasteiger partial charge in [-0.05, 0) is 74.3 Å². The van der Waals surface area contributed by atoms with Gasteiger partial charge in [-0.25, -0.2) is 0 Å². The van der Waals surface area contributed by atoms with Gasteiger partial charge in [0.1, 0.15) is 6.29 Å². The quantitative estimate of drug-likeness (QED) is 0.362. The summed E-state index contributed by atoms with van der Waals surface area (Å²) >= 11 is 0. The highest BCUT2D eigenvalue weighted by Gasteiger charge is 2.22. The van der Waals surface area contributed by atoms with E-state index >= 15 is 0 Å². The largest absolute Gasteiger partial charge is 0.380 e. The van der Waals surface area contributed by atoms with E-state index in [0.717, 1.165) is 43.2 Å². The first-order valence-electron chi connectivity index (χ1n) is 10.0. The highest BCUT2D eigenvalue weighted by atomic mass is 16.1. The van der Waals surface area contributed by atoms with Gasteiger partial charge in [-0.15, -0.1) is 0 Å². The van der Waals surface area contributed by atoms with Crippen molar-refractivity contribution in [2.75, 3.05) is 33.2 Å². The summed E-state index contributed by atoms with van der Waals surface area (Å²) in [7, 11) is 2.19. The molecule has 3 aliphatic rings. The molecule has 0 aromatic heterocycles. The second-order valence-corrected chi connectivity index (χ2v) is 8.26. The lowest BCUT2D eigenvalue weighted by atomic mass is 9.81. The molecule has 1 aliphatic heterocycles. The van der Waals surface area contributed by atoms with Crippen LogP contribution in [0.25, 0.3) is 0 Å². The Morgan fingerprint density at radius 1 is 1.00 bits per heavy atom. The summed E-state index contributed by atoms with van der Waals surface area (Å²) in [5, 5.41) is 0. The molecular formula is C21H34N2O. The molecule has 0 radical (unpaired) electrons. The van der Waals surface area contributed by atoms with Gasteiger partial charge in [0.15, 0.2) is 0 Å². The van der Waals surface area contributed by atoms with Crippen LogP contribution in [0.1, 0.15) is 57.8 Å². The van der Waals surface area contributed by atoms with Crippen LogP contribution in [-0.2, 0) is 4.79 Å². The lowest BCUT2D eigenvalue weighted by molar-refractivity contribution is -0.105. The summed E-state index contributed by atoms with van der Waals surface area (Å²) in [6.07, 6.45) is 17.3. The predicted octanol–water partition coefficient (Wildman–Crippen LogP) is 4.01. The van der Waals surface area contributed by atoms with Crippen molar-refractivity contribution in [1.29, 1.82) is 0 Å². The molecule has 3 fully saturated rings. The van der Waals surface area contributed by atoms with E-state index in [1.165, 1.54) is 70.0 Å². The minimum atomic E-state index is 0.752. The molecule has 3 rings (SSSR count). The molecular weight excluding hydrogens is 296 g/mol. The minimum absolute atomic E-state index is 0.752. The molecule has 2 saturated carbocycles. The van der Waals surface area contributed by atoms with Crippen LogP contribution in [0.15, 0.2) is 23.4 Å². The van der Waals surface area contributed by atoms with Gasteiger partial charge in [-0.1, -0.05) is 25.7 Å². The topological polar surface area (TPSA) is 23.6 Å². The Morgan fingerprint density at radius 2 is 1.75 bits per heavy atom. The minimum Gasteiger partial charge on any atom is -0.380 e. The normalized spacial score (nSPS) is 23.9. The first kappa shape index (κ1) is 17.7. The van der Waals surface area contributed by atoms with Crippen molar-refractivity contribution in [2.24, 2.45) is 11.8 Å². The maximum Gasteiger partial charge on any atom is 0.146 e. The summed E-state index contributed by atoms with van der Waals surface area (Å²) in [5.41, 5.74) is 2.32. The Hall–Kier alpha value is -1.09. The van der Waals surface area contributed by atoms with E-state index in [1.807, 2.05) is 0 Å². The van der Waals surface area contributed by atoms with Gasteiger partial charge in [0.05, 0.1) is 0 Å². The van der Waals surface area contributed by atoms with Crippen molar-refractivity contribution in [3.05, 3.63) is 23.4 Å². The third-order valence-electron chi connectivity index (χ3n) is 5.76. The van der Waals surface area contributed by atoms with Gasteiger partial charge in [0.25, 0.3) is 0 Å². The van der Waals surface area contributed by atoms with Crippen LogP contribution in [0.4, 0.5) is 0 Å². The van der Waals surface area contributed by atoms with E-state index in [-0.39, 0.29) is 0 Å². The number of piperidine rings is 1. The average molecular weight is 331 g/mol. The van der Waals surface area contributed by atoms with Crippen LogP contribution in [0.5, 0.6) is 0 Å². The van der Waals surface area contributed by atoms with Crippen molar-refractivity contribution in [3.8, 4) is 0 Å². The predicted molar refractivity (Wildman–Crippen MR) is 99.8 cm³/mol. The number of hydrogen-bond acceptors (Lipinski definition) is 3. The monoisotopic (exact) mass is 330 g/mol. The van der Waals surface area contributed by atoms with Crippen LogP contribution in [0, 0.1) is 11.8 Å². The van der Waals surface area contributed by atoms with Gasteiger partial charge in [-0.2, -0.15) is 0 Å². The van der Waals surface area contributed by atoms with E-state index < -0.39 is 0 Å². The first-order valence-corrected chi connectivity index (χ1v) is 10.0. The van der Waals surface area contributed by atoms with Crippen LogP contribution in [0.3, 0.4) is 0 Å². The standard InChI is InChI=1S/C21H34N2O/c1-22(14-19-8-9-19)15-21(16-23-10-3-2-4-11-23)13-20(17-24)12-18-6-5-7-18/h13,15,17-19H,2-12,14,16H2,1H3/b20-13+,21-15+. The fourth-order valence-corrected chi connectivity index (χ4v) is 3.95. The number of rotatable bonds is 9. The zero-order chi connectivity index (χ0) is 16.8. The highest BCUT2D eigenvalue weighted by Crippen LogP contribution is 2.32. The van der Waals surface area contributed by atoms with E-state index in [0.29, 0.717) is 0 Å². The summed E-state index contributed by atoms with van der Waals surface area (Å²) in [4.78, 5) is 16.5. The Bertz CT molecular complexity index is 468. The van der Waals surface area contributed by atoms with E-state index in [2.05, 4.69) is 29.1 Å². The van der Waals surface area contributed by atoms with Gasteiger partial charge >= 0.3 is 0 Å². The molecule has 0 N–H and O–H groups in total. The number of carbonyl (C=O) groups is 1. The third kappa shape index (κ3) is 5.77. The molecule has 0 spiro atoms. The zero-order valence-electron chi connectivity index (χ0n) is 15.4. The third-order valence-corrected chi connectivity index (χ3v) is 5.76. The number of hydrogen-bond donors (Lipinski definition) is 0. The van der Waals surface area contributed by atoms with Gasteiger partial charge < -0.3 is 4.90 Å². The lowest BCUT2D eigenvalue weighted by Crippen LogP contribution is -2.32. The molecule has 0 aromatic carbocycles. The van der Waals surface area contributed by atoms with Gasteiger partial charge in [0, 0.05) is 26.3 Å². The number of allylic oxidation sites excluding steroid dienone is 1. The molecule has 24 heavy (non-hydrogen) atoms. The molecule has 0 unspecified atom stereocenters. The maximum atomic E-state index is 11.6. The number of carbonyl (C=O) groups excluding carboxylic acids is 1. The second-order valence-electron chi connectivity index (χ2n) is 8.26. The van der Waals surface area contributed by atoms with Crippen LogP contribution in [0.2, 0.25) is 0 Å². The first-order chi connectivity index (χ1) is 11.7. The maximum absolute atomic E-state index is 11.6. The molecule has 0 atom stereocenters. The zero-order valence-corrected chi connectivity index (χ0v) is 15.4. The summed E-state index contributed by atoms with van der Waals surface area (Å²) < 4.78 is 0. The van der Waals surface area contributed by atoms with E-state index in [9.17, 15) is 4.79 Å². The Morgan fingerprint density at radius 3 is 2.33 bits per heavy atom. The number of likely N-dealkylation sites (tertiary alicyclic amines) is 1. The van der Waals surface area contributed by atoms with Crippen molar-refractivity contribution in [1.82, 2.24) is 9.80 Å². The summed E-state index contributed by atoms with van der Waals surface area (Å²) in [5.74, 6) is 1.65. The Kier molecular flexibility index (Phi) is 6.53. The molecule has 134 valence electrons. The second kappa shape index (κ2) is 8.84. The Balaban J connectivity index is 1.65. The number of aldehydes is 1. The van der Waals surface area contributed by atoms with E-state index in [4.69, 9.17) is 0 Å². The highest BCUT2D eigenvalue weighted by molar-refractivity contribution is 5.74. The van der Waals surface area contributed by atoms with Crippen LogP contribution < -0.4 is 0 Å². The molecule has 1 heterocycles. The lowest BCUT2D eigenvalue weighted by Gasteiger charge is -2.28. The van der Waals surface area contributed by atoms with Crippen molar-refractivity contribution in [2.45, 2.75) is 57.8 Å². The Labute approximate surface area is 147 Å². The van der Waals surface area contributed by atoms with Crippen molar-refractivity contribution < 1.29 is 4.79 Å².